The first-order valence-electron chi connectivity index (χ1n) is 9.64. The van der Waals surface area contributed by atoms with Gasteiger partial charge in [0.25, 0.3) is 0 Å². The highest BCUT2D eigenvalue weighted by molar-refractivity contribution is 5.46. The van der Waals surface area contributed by atoms with Crippen LogP contribution < -0.4 is 5.73 Å². The van der Waals surface area contributed by atoms with Crippen LogP contribution in [0.2, 0.25) is 0 Å². The van der Waals surface area contributed by atoms with Crippen molar-refractivity contribution in [1.29, 1.82) is 0 Å². The third kappa shape index (κ3) is 3.85. The van der Waals surface area contributed by atoms with Crippen molar-refractivity contribution in [1.82, 2.24) is 24.7 Å². The largest absolute Gasteiger partial charge is 0.368 e. The molecule has 0 fully saturated rings. The molecule has 0 radical (unpaired) electrons. The lowest BCUT2D eigenvalue weighted by molar-refractivity contribution is 0.575. The van der Waals surface area contributed by atoms with Crippen molar-refractivity contribution in [2.24, 2.45) is 0 Å². The molecule has 0 amide bonds. The van der Waals surface area contributed by atoms with Crippen LogP contribution in [-0.4, -0.2) is 24.7 Å². The van der Waals surface area contributed by atoms with Gasteiger partial charge in [0.1, 0.15) is 11.6 Å². The summed E-state index contributed by atoms with van der Waals surface area (Å²) in [5, 5.41) is 4.70. The number of benzene rings is 1. The zero-order valence-corrected chi connectivity index (χ0v) is 16.3. The molecule has 0 aliphatic heterocycles. The summed E-state index contributed by atoms with van der Waals surface area (Å²) in [7, 11) is 0. The van der Waals surface area contributed by atoms with Crippen LogP contribution in [0.3, 0.4) is 0 Å². The minimum absolute atomic E-state index is 0.136. The zero-order chi connectivity index (χ0) is 21.4. The van der Waals surface area contributed by atoms with E-state index in [1.54, 1.807) is 29.5 Å². The number of nitrogen functional groups attached to an aromatic ring is 1. The minimum Gasteiger partial charge on any atom is -0.368 e. The van der Waals surface area contributed by atoms with Crippen molar-refractivity contribution in [2.45, 2.75) is 18.8 Å². The number of anilines is 1. The van der Waals surface area contributed by atoms with Crippen molar-refractivity contribution < 1.29 is 8.78 Å². The summed E-state index contributed by atoms with van der Waals surface area (Å²) < 4.78 is 29.1. The molecule has 1 unspecified atom stereocenters. The monoisotopic (exact) mass is 414 g/mol. The fourth-order valence-corrected chi connectivity index (χ4v) is 3.75. The van der Waals surface area contributed by atoms with E-state index in [0.717, 1.165) is 35.9 Å². The van der Waals surface area contributed by atoms with E-state index in [0.29, 0.717) is 16.7 Å². The van der Waals surface area contributed by atoms with Gasteiger partial charge in [-0.3, -0.25) is 4.98 Å². The number of fused-ring (bicyclic) bond motifs is 1. The maximum atomic E-state index is 13.7. The molecule has 1 atom stereocenters. The predicted molar refractivity (Wildman–Crippen MR) is 110 cm³/mol. The Balaban J connectivity index is 1.44. The normalized spacial score (nSPS) is 14.7. The Bertz CT molecular complexity index is 1310. The Labute approximate surface area is 176 Å². The van der Waals surface area contributed by atoms with Crippen molar-refractivity contribution in [3.63, 3.8) is 0 Å². The van der Waals surface area contributed by atoms with E-state index in [1.807, 2.05) is 12.3 Å². The Morgan fingerprint density at radius 3 is 2.45 bits per heavy atom. The molecule has 1 aliphatic carbocycles. The highest BCUT2D eigenvalue weighted by Gasteiger charge is 2.28. The van der Waals surface area contributed by atoms with Crippen molar-refractivity contribution >= 4 is 5.95 Å². The summed E-state index contributed by atoms with van der Waals surface area (Å²) >= 11 is 0. The molecule has 6 nitrogen and oxygen atoms in total. The molecular weight excluding hydrogens is 398 g/mol. The molecule has 0 bridgehead atoms. The molecule has 5 rings (SSSR count). The van der Waals surface area contributed by atoms with Crippen molar-refractivity contribution in [2.75, 3.05) is 5.73 Å². The summed E-state index contributed by atoms with van der Waals surface area (Å²) in [6.07, 6.45) is 9.96. The lowest BCUT2D eigenvalue weighted by Gasteiger charge is -2.10. The number of hydrogen-bond acceptors (Lipinski definition) is 5. The summed E-state index contributed by atoms with van der Waals surface area (Å²) in [4.78, 5) is 12.1. The molecule has 1 aliphatic rings. The van der Waals surface area contributed by atoms with E-state index in [9.17, 15) is 8.78 Å². The van der Waals surface area contributed by atoms with Gasteiger partial charge in [0.05, 0.1) is 23.1 Å². The second kappa shape index (κ2) is 7.61. The van der Waals surface area contributed by atoms with E-state index in [-0.39, 0.29) is 11.9 Å². The summed E-state index contributed by atoms with van der Waals surface area (Å²) in [5.41, 5.74) is 10.1. The van der Waals surface area contributed by atoms with Gasteiger partial charge >= 0.3 is 0 Å². The first-order chi connectivity index (χ1) is 15.0. The molecule has 31 heavy (non-hydrogen) atoms. The summed E-state index contributed by atoms with van der Waals surface area (Å²) in [5.74, 6) is 4.90. The molecule has 0 saturated heterocycles. The zero-order valence-electron chi connectivity index (χ0n) is 16.3. The first-order valence-corrected chi connectivity index (χ1v) is 9.64. The number of rotatable bonds is 2. The maximum absolute atomic E-state index is 13.7. The summed E-state index contributed by atoms with van der Waals surface area (Å²) in [6.45, 7) is 0. The van der Waals surface area contributed by atoms with Crippen molar-refractivity contribution in [3.8, 4) is 17.5 Å². The number of hydrogen-bond donors (Lipinski definition) is 1. The first kappa shape index (κ1) is 18.9. The molecule has 4 aromatic rings. The number of pyridine rings is 1. The molecule has 0 saturated carbocycles. The Kier molecular flexibility index (Phi) is 4.64. The fraction of sp³-hybridized carbons (Fsp3) is 0.130. The van der Waals surface area contributed by atoms with Crippen LogP contribution >= 0.6 is 0 Å². The van der Waals surface area contributed by atoms with Crippen LogP contribution in [0, 0.1) is 23.5 Å². The second-order valence-corrected chi connectivity index (χ2v) is 7.29. The average Bonchev–Trinajstić information content (AvgIpc) is 3.34. The topological polar surface area (TPSA) is 82.5 Å². The maximum Gasteiger partial charge on any atom is 0.219 e. The van der Waals surface area contributed by atoms with E-state index in [4.69, 9.17) is 10.8 Å². The molecule has 2 N–H and O–H groups in total. The van der Waals surface area contributed by atoms with E-state index in [1.165, 1.54) is 12.1 Å². The number of aryl methyl sites for hydroxylation is 1. The van der Waals surface area contributed by atoms with Gasteiger partial charge in [-0.15, -0.1) is 0 Å². The average molecular weight is 414 g/mol. The van der Waals surface area contributed by atoms with Crippen LogP contribution in [0.25, 0.3) is 5.69 Å². The highest BCUT2D eigenvalue weighted by atomic mass is 19.1. The molecule has 3 heterocycles. The minimum atomic E-state index is -0.579. The van der Waals surface area contributed by atoms with Crippen LogP contribution in [0.15, 0.2) is 55.2 Å². The molecular formula is C23H16F2N6. The van der Waals surface area contributed by atoms with E-state index >= 15 is 0 Å². The number of nitrogens with two attached hydrogens (primary N) is 1. The van der Waals surface area contributed by atoms with Gasteiger partial charge in [-0.2, -0.15) is 5.10 Å². The van der Waals surface area contributed by atoms with Gasteiger partial charge in [0.2, 0.25) is 5.95 Å². The molecule has 1 aromatic carbocycles. The third-order valence-corrected chi connectivity index (χ3v) is 5.15. The second-order valence-electron chi connectivity index (χ2n) is 7.29. The van der Waals surface area contributed by atoms with Crippen LogP contribution in [0.1, 0.15) is 40.3 Å². The van der Waals surface area contributed by atoms with Gasteiger partial charge in [0.15, 0.2) is 0 Å². The molecule has 152 valence electrons. The molecule has 3 aromatic heterocycles. The summed E-state index contributed by atoms with van der Waals surface area (Å²) in [6, 6.07) is 5.50. The lowest BCUT2D eigenvalue weighted by Crippen LogP contribution is -2.03. The lowest BCUT2D eigenvalue weighted by atomic mass is 9.97. The molecule has 0 spiro atoms. The quantitative estimate of drug-likeness (QED) is 0.509. The van der Waals surface area contributed by atoms with Crippen LogP contribution in [-0.2, 0) is 6.42 Å². The predicted octanol–water partition coefficient (Wildman–Crippen LogP) is 3.40. The van der Waals surface area contributed by atoms with Gasteiger partial charge in [0, 0.05) is 42.3 Å². The van der Waals surface area contributed by atoms with Crippen molar-refractivity contribution in [3.05, 3.63) is 94.8 Å². The van der Waals surface area contributed by atoms with Gasteiger partial charge < -0.3 is 5.73 Å². The number of aromatic nitrogens is 5. The number of nitrogens with zero attached hydrogens (tertiary/aromatic N) is 5. The SMILES string of the molecule is Nc1ncc(C#Cc2cncc(-n3cc4c(n3)C(c3cc(F)cc(F)c3)CC4)c2)cn1. The van der Waals surface area contributed by atoms with E-state index in [2.05, 4.69) is 26.8 Å². The van der Waals surface area contributed by atoms with Crippen LogP contribution in [0.4, 0.5) is 14.7 Å². The van der Waals surface area contributed by atoms with E-state index < -0.39 is 11.6 Å². The van der Waals surface area contributed by atoms with Crippen LogP contribution in [0.5, 0.6) is 0 Å². The Morgan fingerprint density at radius 1 is 0.935 bits per heavy atom. The smallest absolute Gasteiger partial charge is 0.219 e. The number of halogens is 2. The highest BCUT2D eigenvalue weighted by Crippen LogP contribution is 2.38. The molecule has 8 heteroatoms. The van der Waals surface area contributed by atoms with Gasteiger partial charge in [-0.25, -0.2) is 23.4 Å². The third-order valence-electron chi connectivity index (χ3n) is 5.15. The Hall–Kier alpha value is -4.12. The van der Waals surface area contributed by atoms with Gasteiger partial charge in [-0.1, -0.05) is 11.8 Å². The fourth-order valence-electron chi connectivity index (χ4n) is 3.75. The Morgan fingerprint density at radius 2 is 1.68 bits per heavy atom. The van der Waals surface area contributed by atoms with Gasteiger partial charge in [-0.05, 0) is 42.2 Å². The standard InChI is InChI=1S/C23H16F2N6/c24-18-6-17(7-19(25)8-18)21-4-3-16-13-31(30-22(16)21)20-5-14(9-27-12-20)1-2-15-10-28-23(26)29-11-15/h5-13,21H,3-4H2,(H2,26,28,29).